The number of hydrogen-bond acceptors (Lipinski definition) is 3. The summed E-state index contributed by atoms with van der Waals surface area (Å²) < 4.78 is 5.18. The van der Waals surface area contributed by atoms with Crippen molar-refractivity contribution >= 4 is 6.08 Å². The van der Waals surface area contributed by atoms with Gasteiger partial charge in [0.15, 0.2) is 0 Å². The predicted octanol–water partition coefficient (Wildman–Crippen LogP) is 1.28. The highest BCUT2D eigenvalue weighted by Crippen LogP contribution is 2.22. The molecule has 0 N–H and O–H groups in total. The first kappa shape index (κ1) is 8.44. The van der Waals surface area contributed by atoms with Crippen LogP contribution in [0.1, 0.15) is 25.7 Å². The second-order valence-corrected chi connectivity index (χ2v) is 2.90. The predicted molar refractivity (Wildman–Crippen MR) is 41.2 cm³/mol. The summed E-state index contributed by atoms with van der Waals surface area (Å²) in [5.41, 5.74) is 0. The van der Waals surface area contributed by atoms with Gasteiger partial charge < -0.3 is 4.74 Å². The van der Waals surface area contributed by atoms with E-state index in [-0.39, 0.29) is 6.04 Å². The van der Waals surface area contributed by atoms with Crippen molar-refractivity contribution in [2.75, 3.05) is 7.11 Å². The van der Waals surface area contributed by atoms with E-state index in [0.29, 0.717) is 6.10 Å². The van der Waals surface area contributed by atoms with Crippen LogP contribution in [0.2, 0.25) is 0 Å². The lowest BCUT2D eigenvalue weighted by molar-refractivity contribution is 0.0648. The Morgan fingerprint density at radius 1 is 1.55 bits per heavy atom. The van der Waals surface area contributed by atoms with Gasteiger partial charge in [-0.1, -0.05) is 0 Å². The Labute approximate surface area is 66.5 Å². The maximum atomic E-state index is 9.94. The van der Waals surface area contributed by atoms with Gasteiger partial charge in [0.05, 0.1) is 12.1 Å². The third kappa shape index (κ3) is 2.45. The van der Waals surface area contributed by atoms with Crippen LogP contribution < -0.4 is 0 Å². The molecule has 0 aliphatic heterocycles. The fourth-order valence-electron chi connectivity index (χ4n) is 1.53. The smallest absolute Gasteiger partial charge is 0.235 e. The van der Waals surface area contributed by atoms with Crippen molar-refractivity contribution in [3.63, 3.8) is 0 Å². The van der Waals surface area contributed by atoms with E-state index in [1.165, 1.54) is 0 Å². The minimum absolute atomic E-state index is 0.159. The molecule has 11 heavy (non-hydrogen) atoms. The molecule has 3 heteroatoms. The van der Waals surface area contributed by atoms with Crippen molar-refractivity contribution in [3.05, 3.63) is 0 Å². The Balaban J connectivity index is 2.38. The molecule has 3 nitrogen and oxygen atoms in total. The van der Waals surface area contributed by atoms with Gasteiger partial charge in [0.2, 0.25) is 6.08 Å². The van der Waals surface area contributed by atoms with Gasteiger partial charge in [-0.15, -0.1) is 0 Å². The van der Waals surface area contributed by atoms with Crippen molar-refractivity contribution in [1.82, 2.24) is 0 Å². The second-order valence-electron chi connectivity index (χ2n) is 2.90. The molecule has 0 amide bonds. The SMILES string of the molecule is CO[C@@H]1CCC[C@@H](N=C=O)C1. The van der Waals surface area contributed by atoms with Crippen molar-refractivity contribution < 1.29 is 9.53 Å². The molecular formula is C8H13NO2. The molecule has 1 aliphatic carbocycles. The molecule has 1 saturated carbocycles. The van der Waals surface area contributed by atoms with Gasteiger partial charge in [-0.05, 0) is 25.7 Å². The normalized spacial score (nSPS) is 31.0. The van der Waals surface area contributed by atoms with E-state index < -0.39 is 0 Å². The van der Waals surface area contributed by atoms with Crippen molar-refractivity contribution in [2.24, 2.45) is 4.99 Å². The summed E-state index contributed by atoms with van der Waals surface area (Å²) in [6.07, 6.45) is 5.99. The summed E-state index contributed by atoms with van der Waals surface area (Å²) in [4.78, 5) is 13.6. The van der Waals surface area contributed by atoms with Crippen LogP contribution in [0.25, 0.3) is 0 Å². The number of aliphatic imine (C=N–C) groups is 1. The maximum Gasteiger partial charge on any atom is 0.235 e. The zero-order valence-electron chi connectivity index (χ0n) is 6.75. The maximum absolute atomic E-state index is 9.94. The van der Waals surface area contributed by atoms with Gasteiger partial charge in [0.1, 0.15) is 0 Å². The second kappa shape index (κ2) is 4.27. The molecule has 0 spiro atoms. The molecule has 0 aromatic carbocycles. The Kier molecular flexibility index (Phi) is 3.27. The van der Waals surface area contributed by atoms with Crippen molar-refractivity contribution in [2.45, 2.75) is 37.8 Å². The number of rotatable bonds is 2. The first-order chi connectivity index (χ1) is 5.36. The molecule has 0 radical (unpaired) electrons. The fraction of sp³-hybridized carbons (Fsp3) is 0.875. The number of carbonyl (C=O) groups excluding carboxylic acids is 1. The Morgan fingerprint density at radius 3 is 3.00 bits per heavy atom. The monoisotopic (exact) mass is 155 g/mol. The highest BCUT2D eigenvalue weighted by molar-refractivity contribution is 5.33. The first-order valence-corrected chi connectivity index (χ1v) is 3.96. The molecule has 1 fully saturated rings. The highest BCUT2D eigenvalue weighted by atomic mass is 16.5. The van der Waals surface area contributed by atoms with Crippen LogP contribution in [0, 0.1) is 0 Å². The molecule has 0 aromatic rings. The van der Waals surface area contributed by atoms with Gasteiger partial charge in [0.25, 0.3) is 0 Å². The number of ether oxygens (including phenoxy) is 1. The fourth-order valence-corrected chi connectivity index (χ4v) is 1.53. The molecule has 1 rings (SSSR count). The molecule has 0 heterocycles. The van der Waals surface area contributed by atoms with Crippen molar-refractivity contribution in [1.29, 1.82) is 0 Å². The van der Waals surface area contributed by atoms with Crippen molar-refractivity contribution in [3.8, 4) is 0 Å². The lowest BCUT2D eigenvalue weighted by Crippen LogP contribution is -2.23. The zero-order valence-corrected chi connectivity index (χ0v) is 6.75. The van der Waals surface area contributed by atoms with E-state index in [1.807, 2.05) is 0 Å². The van der Waals surface area contributed by atoms with E-state index in [1.54, 1.807) is 13.2 Å². The number of methoxy groups -OCH3 is 1. The molecule has 2 atom stereocenters. The Hall–Kier alpha value is -0.660. The third-order valence-electron chi connectivity index (χ3n) is 2.17. The molecule has 0 bridgehead atoms. The van der Waals surface area contributed by atoms with Crippen LogP contribution in [0.5, 0.6) is 0 Å². The van der Waals surface area contributed by atoms with Crippen LogP contribution in [0.15, 0.2) is 4.99 Å². The lowest BCUT2D eigenvalue weighted by atomic mass is 9.93. The minimum atomic E-state index is 0.159. The van der Waals surface area contributed by atoms with E-state index >= 15 is 0 Å². The molecule has 0 aromatic heterocycles. The number of hydrogen-bond donors (Lipinski definition) is 0. The van der Waals surface area contributed by atoms with E-state index in [4.69, 9.17) is 4.74 Å². The molecule has 62 valence electrons. The minimum Gasteiger partial charge on any atom is -0.381 e. The van der Waals surface area contributed by atoms with Gasteiger partial charge in [-0.3, -0.25) is 0 Å². The summed E-state index contributed by atoms with van der Waals surface area (Å²) >= 11 is 0. The average Bonchev–Trinajstić information content (AvgIpc) is 2.06. The van der Waals surface area contributed by atoms with Gasteiger partial charge in [-0.2, -0.15) is 0 Å². The van der Waals surface area contributed by atoms with Crippen LogP contribution in [0.3, 0.4) is 0 Å². The van der Waals surface area contributed by atoms with E-state index in [9.17, 15) is 4.79 Å². The molecule has 0 unspecified atom stereocenters. The summed E-state index contributed by atoms with van der Waals surface area (Å²) in [6, 6.07) is 0.159. The van der Waals surface area contributed by atoms with Gasteiger partial charge in [0, 0.05) is 7.11 Å². The average molecular weight is 155 g/mol. The zero-order chi connectivity index (χ0) is 8.10. The van der Waals surface area contributed by atoms with Gasteiger partial charge >= 0.3 is 0 Å². The first-order valence-electron chi connectivity index (χ1n) is 3.96. The summed E-state index contributed by atoms with van der Waals surface area (Å²) in [6.45, 7) is 0. The van der Waals surface area contributed by atoms with Crippen LogP contribution >= 0.6 is 0 Å². The highest BCUT2D eigenvalue weighted by Gasteiger charge is 2.20. The number of isocyanates is 1. The summed E-state index contributed by atoms with van der Waals surface area (Å²) in [7, 11) is 1.71. The largest absolute Gasteiger partial charge is 0.381 e. The van der Waals surface area contributed by atoms with E-state index in [0.717, 1.165) is 25.7 Å². The third-order valence-corrected chi connectivity index (χ3v) is 2.17. The molecule has 1 aliphatic rings. The molecule has 0 saturated heterocycles. The van der Waals surface area contributed by atoms with E-state index in [2.05, 4.69) is 4.99 Å². The van der Waals surface area contributed by atoms with Crippen LogP contribution in [-0.2, 0) is 9.53 Å². The van der Waals surface area contributed by atoms with Crippen LogP contribution in [0.4, 0.5) is 0 Å². The Bertz CT molecular complexity index is 163. The summed E-state index contributed by atoms with van der Waals surface area (Å²) in [5, 5.41) is 0. The topological polar surface area (TPSA) is 38.7 Å². The standard InChI is InChI=1S/C8H13NO2/c1-11-8-4-2-3-7(5-8)9-6-10/h7-8H,2-5H2,1H3/t7-,8-/m1/s1. The Morgan fingerprint density at radius 2 is 2.36 bits per heavy atom. The summed E-state index contributed by atoms with van der Waals surface area (Å²) in [5.74, 6) is 0. The van der Waals surface area contributed by atoms with Crippen LogP contribution in [-0.4, -0.2) is 25.3 Å². The van der Waals surface area contributed by atoms with Gasteiger partial charge in [-0.25, -0.2) is 9.79 Å². The number of nitrogens with zero attached hydrogens (tertiary/aromatic N) is 1. The molecular weight excluding hydrogens is 142 g/mol. The lowest BCUT2D eigenvalue weighted by Gasteiger charge is -2.24. The quantitative estimate of drug-likeness (QED) is 0.445.